The summed E-state index contributed by atoms with van der Waals surface area (Å²) in [5.41, 5.74) is 5.91. The Morgan fingerprint density at radius 2 is 1.95 bits per heavy atom. The first kappa shape index (κ1) is 17.1. The second-order valence-electron chi connectivity index (χ2n) is 4.93. The van der Waals surface area contributed by atoms with E-state index in [1.165, 1.54) is 19.3 Å². The van der Waals surface area contributed by atoms with E-state index in [0.717, 1.165) is 11.3 Å². The van der Waals surface area contributed by atoms with Gasteiger partial charge >= 0.3 is 0 Å². The Bertz CT molecular complexity index is 397. The maximum absolute atomic E-state index is 12.1. The Kier molecular flexibility index (Phi) is 7.70. The van der Waals surface area contributed by atoms with Crippen molar-refractivity contribution in [3.63, 3.8) is 0 Å². The molecule has 0 aliphatic carbocycles. The van der Waals surface area contributed by atoms with Gasteiger partial charge in [-0.15, -0.1) is 0 Å². The quantitative estimate of drug-likeness (QED) is 0.652. The SMILES string of the molecule is CCCCCSCC(NCC)(C(N)=O)c1ccccc1. The highest BCUT2D eigenvalue weighted by Crippen LogP contribution is 2.26. The fourth-order valence-electron chi connectivity index (χ4n) is 2.24. The molecule has 0 aliphatic rings. The molecule has 112 valence electrons. The normalized spacial score (nSPS) is 13.9. The van der Waals surface area contributed by atoms with Gasteiger partial charge in [0.25, 0.3) is 0 Å². The van der Waals surface area contributed by atoms with E-state index in [1.54, 1.807) is 11.8 Å². The molecule has 1 amide bonds. The fraction of sp³-hybridized carbons (Fsp3) is 0.562. The molecule has 0 bridgehead atoms. The summed E-state index contributed by atoms with van der Waals surface area (Å²) in [7, 11) is 0. The first-order chi connectivity index (χ1) is 9.67. The number of rotatable bonds is 10. The molecule has 20 heavy (non-hydrogen) atoms. The maximum Gasteiger partial charge on any atom is 0.243 e. The summed E-state index contributed by atoms with van der Waals surface area (Å²) in [4.78, 5) is 12.1. The lowest BCUT2D eigenvalue weighted by molar-refractivity contribution is -0.123. The van der Waals surface area contributed by atoms with Crippen LogP contribution in [0.2, 0.25) is 0 Å². The minimum absolute atomic E-state index is 0.298. The van der Waals surface area contributed by atoms with E-state index >= 15 is 0 Å². The summed E-state index contributed by atoms with van der Waals surface area (Å²) in [6.45, 7) is 4.91. The summed E-state index contributed by atoms with van der Waals surface area (Å²) < 4.78 is 0. The molecule has 1 unspecified atom stereocenters. The van der Waals surface area contributed by atoms with Gasteiger partial charge in [0.2, 0.25) is 5.91 Å². The van der Waals surface area contributed by atoms with Gasteiger partial charge in [0.05, 0.1) is 0 Å². The molecule has 0 saturated heterocycles. The highest BCUT2D eigenvalue weighted by Gasteiger charge is 2.37. The van der Waals surface area contributed by atoms with Gasteiger partial charge < -0.3 is 5.73 Å². The Morgan fingerprint density at radius 3 is 2.50 bits per heavy atom. The van der Waals surface area contributed by atoms with Gasteiger partial charge in [0, 0.05) is 5.75 Å². The van der Waals surface area contributed by atoms with Crippen LogP contribution in [0.15, 0.2) is 30.3 Å². The zero-order valence-electron chi connectivity index (χ0n) is 12.5. The molecule has 0 fully saturated rings. The number of benzene rings is 1. The van der Waals surface area contributed by atoms with Crippen molar-refractivity contribution >= 4 is 17.7 Å². The van der Waals surface area contributed by atoms with Crippen molar-refractivity contribution < 1.29 is 4.79 Å². The molecule has 0 radical (unpaired) electrons. The molecule has 0 heterocycles. The van der Waals surface area contributed by atoms with Crippen LogP contribution in [-0.4, -0.2) is 24.0 Å². The molecular formula is C16H26N2OS. The molecule has 0 aliphatic heterocycles. The van der Waals surface area contributed by atoms with Crippen LogP contribution in [0.3, 0.4) is 0 Å². The molecule has 1 aromatic carbocycles. The van der Waals surface area contributed by atoms with E-state index in [4.69, 9.17) is 5.73 Å². The number of likely N-dealkylation sites (N-methyl/N-ethyl adjacent to an activating group) is 1. The van der Waals surface area contributed by atoms with Crippen LogP contribution in [0.25, 0.3) is 0 Å². The predicted molar refractivity (Wildman–Crippen MR) is 87.8 cm³/mol. The van der Waals surface area contributed by atoms with Crippen molar-refractivity contribution in [3.8, 4) is 0 Å². The van der Waals surface area contributed by atoms with Crippen LogP contribution >= 0.6 is 11.8 Å². The number of carbonyl (C=O) groups excluding carboxylic acids is 1. The van der Waals surface area contributed by atoms with Crippen molar-refractivity contribution in [3.05, 3.63) is 35.9 Å². The lowest BCUT2D eigenvalue weighted by Gasteiger charge is -2.31. The van der Waals surface area contributed by atoms with Gasteiger partial charge in [-0.05, 0) is 24.3 Å². The highest BCUT2D eigenvalue weighted by molar-refractivity contribution is 7.99. The topological polar surface area (TPSA) is 55.1 Å². The number of amides is 1. The second-order valence-corrected chi connectivity index (χ2v) is 6.03. The van der Waals surface area contributed by atoms with Crippen molar-refractivity contribution in [1.29, 1.82) is 0 Å². The number of hydrogen-bond donors (Lipinski definition) is 2. The molecule has 0 aromatic heterocycles. The van der Waals surface area contributed by atoms with Gasteiger partial charge in [0.1, 0.15) is 5.54 Å². The highest BCUT2D eigenvalue weighted by atomic mass is 32.2. The van der Waals surface area contributed by atoms with Gasteiger partial charge in [-0.25, -0.2) is 0 Å². The van der Waals surface area contributed by atoms with Crippen LogP contribution in [0.5, 0.6) is 0 Å². The third-order valence-corrected chi connectivity index (χ3v) is 4.59. The number of unbranched alkanes of at least 4 members (excludes halogenated alkanes) is 2. The minimum atomic E-state index is -0.757. The van der Waals surface area contributed by atoms with Crippen LogP contribution in [0, 0.1) is 0 Å². The Morgan fingerprint density at radius 1 is 1.25 bits per heavy atom. The van der Waals surface area contributed by atoms with Crippen LogP contribution < -0.4 is 11.1 Å². The standard InChI is InChI=1S/C16H26N2OS/c1-3-5-9-12-20-13-16(15(17)19,18-4-2)14-10-7-6-8-11-14/h6-8,10-11,18H,3-5,9,12-13H2,1-2H3,(H2,17,19). The molecule has 1 aromatic rings. The monoisotopic (exact) mass is 294 g/mol. The minimum Gasteiger partial charge on any atom is -0.368 e. The largest absolute Gasteiger partial charge is 0.368 e. The lowest BCUT2D eigenvalue weighted by atomic mass is 9.91. The molecule has 4 heteroatoms. The Labute approximate surface area is 126 Å². The second kappa shape index (κ2) is 9.03. The van der Waals surface area contributed by atoms with E-state index < -0.39 is 5.54 Å². The summed E-state index contributed by atoms with van der Waals surface area (Å²) in [6, 6.07) is 9.80. The number of nitrogens with two attached hydrogens (primary N) is 1. The molecule has 1 rings (SSSR count). The van der Waals surface area contributed by atoms with Crippen molar-refractivity contribution in [1.82, 2.24) is 5.32 Å². The molecule has 0 spiro atoms. The number of carbonyl (C=O) groups is 1. The van der Waals surface area contributed by atoms with Crippen LogP contribution in [0.1, 0.15) is 38.7 Å². The van der Waals surface area contributed by atoms with Gasteiger partial charge in [0.15, 0.2) is 0 Å². The third kappa shape index (κ3) is 4.53. The number of hydrogen-bond acceptors (Lipinski definition) is 3. The predicted octanol–water partition coefficient (Wildman–Crippen LogP) is 2.90. The smallest absolute Gasteiger partial charge is 0.243 e. The van der Waals surface area contributed by atoms with E-state index in [9.17, 15) is 4.79 Å². The summed E-state index contributed by atoms with van der Waals surface area (Å²) in [5, 5.41) is 3.31. The van der Waals surface area contributed by atoms with Crippen molar-refractivity contribution in [2.75, 3.05) is 18.1 Å². The molecular weight excluding hydrogens is 268 g/mol. The van der Waals surface area contributed by atoms with Gasteiger partial charge in [-0.3, -0.25) is 10.1 Å². The van der Waals surface area contributed by atoms with Crippen LogP contribution in [0.4, 0.5) is 0 Å². The van der Waals surface area contributed by atoms with E-state index in [-0.39, 0.29) is 5.91 Å². The first-order valence-corrected chi connectivity index (χ1v) is 8.51. The average Bonchev–Trinajstić information content (AvgIpc) is 2.46. The first-order valence-electron chi connectivity index (χ1n) is 7.35. The molecule has 3 N–H and O–H groups in total. The number of nitrogens with one attached hydrogen (secondary N) is 1. The van der Waals surface area contributed by atoms with Crippen molar-refractivity contribution in [2.24, 2.45) is 5.73 Å². The summed E-state index contributed by atoms with van der Waals surface area (Å²) >= 11 is 1.80. The summed E-state index contributed by atoms with van der Waals surface area (Å²) in [6.07, 6.45) is 3.65. The Hall–Kier alpha value is -1.00. The molecule has 3 nitrogen and oxygen atoms in total. The molecule has 1 atom stereocenters. The average molecular weight is 294 g/mol. The van der Waals surface area contributed by atoms with E-state index in [1.807, 2.05) is 37.3 Å². The fourth-order valence-corrected chi connectivity index (χ4v) is 3.51. The van der Waals surface area contributed by atoms with Crippen molar-refractivity contribution in [2.45, 2.75) is 38.6 Å². The maximum atomic E-state index is 12.1. The number of thioether (sulfide) groups is 1. The Balaban J connectivity index is 2.81. The van der Waals surface area contributed by atoms with Crippen LogP contribution in [-0.2, 0) is 10.3 Å². The lowest BCUT2D eigenvalue weighted by Crippen LogP contribution is -2.54. The van der Waals surface area contributed by atoms with E-state index in [2.05, 4.69) is 12.2 Å². The van der Waals surface area contributed by atoms with Gasteiger partial charge in [-0.1, -0.05) is 57.0 Å². The molecule has 0 saturated carbocycles. The van der Waals surface area contributed by atoms with Gasteiger partial charge in [-0.2, -0.15) is 11.8 Å². The zero-order valence-corrected chi connectivity index (χ0v) is 13.3. The third-order valence-electron chi connectivity index (χ3n) is 3.38. The van der Waals surface area contributed by atoms with E-state index in [0.29, 0.717) is 12.3 Å². The number of primary amides is 1. The summed E-state index contributed by atoms with van der Waals surface area (Å²) in [5.74, 6) is 1.46. The zero-order chi connectivity index (χ0) is 14.8.